The fourth-order valence-corrected chi connectivity index (χ4v) is 2.85. The lowest BCUT2D eigenvalue weighted by Gasteiger charge is -2.43. The number of hydrazine groups is 1. The Morgan fingerprint density at radius 3 is 2.28 bits per heavy atom. The van der Waals surface area contributed by atoms with Crippen molar-refractivity contribution in [1.29, 1.82) is 0 Å². The van der Waals surface area contributed by atoms with E-state index in [1.807, 2.05) is 24.3 Å². The molecule has 1 atom stereocenters. The van der Waals surface area contributed by atoms with E-state index in [2.05, 4.69) is 38.0 Å². The second-order valence-electron chi connectivity index (χ2n) is 4.95. The first-order valence-electron chi connectivity index (χ1n) is 6.44. The Morgan fingerprint density at radius 1 is 1.28 bits per heavy atom. The van der Waals surface area contributed by atoms with Crippen molar-refractivity contribution in [1.82, 2.24) is 10.3 Å². The van der Waals surface area contributed by atoms with Crippen LogP contribution < -0.4 is 11.3 Å². The van der Waals surface area contributed by atoms with Gasteiger partial charge in [-0.3, -0.25) is 16.2 Å². The molecule has 18 heavy (non-hydrogen) atoms. The fourth-order valence-electron chi connectivity index (χ4n) is 2.60. The molecule has 3 nitrogen and oxygen atoms in total. The summed E-state index contributed by atoms with van der Waals surface area (Å²) < 4.78 is 0. The van der Waals surface area contributed by atoms with Gasteiger partial charge < -0.3 is 0 Å². The highest BCUT2D eigenvalue weighted by molar-refractivity contribution is 6.31. The van der Waals surface area contributed by atoms with E-state index in [4.69, 9.17) is 17.4 Å². The number of hydrogen-bond donors (Lipinski definition) is 2. The number of hydrogen-bond acceptors (Lipinski definition) is 3. The van der Waals surface area contributed by atoms with Crippen molar-refractivity contribution in [3.8, 4) is 0 Å². The molecule has 1 unspecified atom stereocenters. The van der Waals surface area contributed by atoms with Gasteiger partial charge in [0.15, 0.2) is 0 Å². The van der Waals surface area contributed by atoms with E-state index < -0.39 is 0 Å². The summed E-state index contributed by atoms with van der Waals surface area (Å²) in [5.41, 5.74) is 3.85. The first-order valence-corrected chi connectivity index (χ1v) is 6.82. The normalized spacial score (nSPS) is 13.9. The number of nitrogens with two attached hydrogens (primary N) is 1. The van der Waals surface area contributed by atoms with Crippen molar-refractivity contribution in [2.24, 2.45) is 5.84 Å². The van der Waals surface area contributed by atoms with Gasteiger partial charge in [0.1, 0.15) is 0 Å². The Labute approximate surface area is 115 Å². The second kappa shape index (κ2) is 6.53. The van der Waals surface area contributed by atoms with Gasteiger partial charge in [0.25, 0.3) is 0 Å². The number of nitrogens with zero attached hydrogens (tertiary/aromatic N) is 1. The predicted octanol–water partition coefficient (Wildman–Crippen LogP) is 2.96. The Kier molecular flexibility index (Phi) is 5.60. The summed E-state index contributed by atoms with van der Waals surface area (Å²) in [4.78, 5) is 2.38. The Hall–Kier alpha value is -0.610. The average Bonchev–Trinajstić information content (AvgIpc) is 2.33. The third-order valence-electron chi connectivity index (χ3n) is 3.67. The van der Waals surface area contributed by atoms with Crippen LogP contribution in [-0.4, -0.2) is 23.5 Å². The van der Waals surface area contributed by atoms with E-state index in [0.29, 0.717) is 0 Å². The summed E-state index contributed by atoms with van der Waals surface area (Å²) in [6.45, 7) is 10.6. The minimum atomic E-state index is -0.108. The van der Waals surface area contributed by atoms with Crippen LogP contribution in [0, 0.1) is 0 Å². The molecule has 102 valence electrons. The van der Waals surface area contributed by atoms with E-state index in [0.717, 1.165) is 23.7 Å². The molecule has 0 fully saturated rings. The van der Waals surface area contributed by atoms with Gasteiger partial charge in [-0.1, -0.05) is 43.6 Å². The van der Waals surface area contributed by atoms with Crippen LogP contribution in [0.25, 0.3) is 0 Å². The van der Waals surface area contributed by atoms with Gasteiger partial charge in [0.05, 0.1) is 6.04 Å². The molecule has 0 spiro atoms. The van der Waals surface area contributed by atoms with Crippen LogP contribution in [0.2, 0.25) is 5.02 Å². The molecule has 3 N–H and O–H groups in total. The van der Waals surface area contributed by atoms with Crippen molar-refractivity contribution in [3.05, 3.63) is 34.9 Å². The van der Waals surface area contributed by atoms with Crippen molar-refractivity contribution in [2.45, 2.75) is 39.3 Å². The van der Waals surface area contributed by atoms with Gasteiger partial charge >= 0.3 is 0 Å². The highest BCUT2D eigenvalue weighted by Crippen LogP contribution is 2.33. The molecular formula is C14H24ClN3. The van der Waals surface area contributed by atoms with Crippen LogP contribution in [0.3, 0.4) is 0 Å². The predicted molar refractivity (Wildman–Crippen MR) is 78.5 cm³/mol. The molecule has 0 heterocycles. The average molecular weight is 270 g/mol. The zero-order valence-corrected chi connectivity index (χ0v) is 12.5. The third-order valence-corrected chi connectivity index (χ3v) is 4.01. The molecule has 0 bridgehead atoms. The molecule has 1 aromatic carbocycles. The summed E-state index contributed by atoms with van der Waals surface area (Å²) >= 11 is 6.28. The van der Waals surface area contributed by atoms with E-state index in [-0.39, 0.29) is 11.6 Å². The van der Waals surface area contributed by atoms with Crippen molar-refractivity contribution >= 4 is 11.6 Å². The largest absolute Gasteiger partial charge is 0.297 e. The van der Waals surface area contributed by atoms with Crippen LogP contribution >= 0.6 is 11.6 Å². The van der Waals surface area contributed by atoms with Gasteiger partial charge in [0.2, 0.25) is 0 Å². The Balaban J connectivity index is 3.13. The van der Waals surface area contributed by atoms with Crippen LogP contribution in [0.5, 0.6) is 0 Å². The minimum absolute atomic E-state index is 0.00824. The molecule has 0 saturated carbocycles. The lowest BCUT2D eigenvalue weighted by molar-refractivity contribution is 0.0913. The standard InChI is InChI=1S/C14H24ClN3/c1-5-18(6-2)14(3,4)13(17-16)11-9-7-8-10-12(11)15/h7-10,13,17H,5-6,16H2,1-4H3. The van der Waals surface area contributed by atoms with Crippen LogP contribution in [0.15, 0.2) is 24.3 Å². The molecule has 0 saturated heterocycles. The van der Waals surface area contributed by atoms with Crippen LogP contribution in [-0.2, 0) is 0 Å². The molecule has 0 aliphatic heterocycles. The topological polar surface area (TPSA) is 41.3 Å². The quantitative estimate of drug-likeness (QED) is 0.616. The lowest BCUT2D eigenvalue weighted by Crippen LogP contribution is -2.54. The van der Waals surface area contributed by atoms with E-state index in [1.165, 1.54) is 0 Å². The zero-order valence-electron chi connectivity index (χ0n) is 11.7. The van der Waals surface area contributed by atoms with E-state index in [1.54, 1.807) is 0 Å². The smallest absolute Gasteiger partial charge is 0.0653 e. The summed E-state index contributed by atoms with van der Waals surface area (Å²) in [6.07, 6.45) is 0. The number of nitrogens with one attached hydrogen (secondary N) is 1. The Bertz CT molecular complexity index is 375. The van der Waals surface area contributed by atoms with E-state index in [9.17, 15) is 0 Å². The van der Waals surface area contributed by atoms with Crippen LogP contribution in [0.1, 0.15) is 39.3 Å². The SMILES string of the molecule is CCN(CC)C(C)(C)C(NN)c1ccccc1Cl. The Morgan fingerprint density at radius 2 is 1.83 bits per heavy atom. The van der Waals surface area contributed by atoms with Gasteiger partial charge in [-0.15, -0.1) is 0 Å². The summed E-state index contributed by atoms with van der Waals surface area (Å²) in [5, 5.41) is 0.751. The van der Waals surface area contributed by atoms with Gasteiger partial charge in [0, 0.05) is 10.6 Å². The van der Waals surface area contributed by atoms with Gasteiger partial charge in [-0.25, -0.2) is 0 Å². The lowest BCUT2D eigenvalue weighted by atomic mass is 9.87. The third kappa shape index (κ3) is 3.04. The maximum Gasteiger partial charge on any atom is 0.0653 e. The number of halogens is 1. The van der Waals surface area contributed by atoms with Gasteiger partial charge in [-0.2, -0.15) is 0 Å². The monoisotopic (exact) mass is 269 g/mol. The molecular weight excluding hydrogens is 246 g/mol. The number of rotatable bonds is 6. The van der Waals surface area contributed by atoms with Crippen LogP contribution in [0.4, 0.5) is 0 Å². The van der Waals surface area contributed by atoms with Crippen molar-refractivity contribution < 1.29 is 0 Å². The fraction of sp³-hybridized carbons (Fsp3) is 0.571. The number of benzene rings is 1. The number of likely N-dealkylation sites (N-methyl/N-ethyl adjacent to an activating group) is 1. The van der Waals surface area contributed by atoms with Crippen molar-refractivity contribution in [2.75, 3.05) is 13.1 Å². The first kappa shape index (κ1) is 15.4. The molecule has 1 rings (SSSR count). The molecule has 0 aromatic heterocycles. The summed E-state index contributed by atoms with van der Waals surface area (Å²) in [6, 6.07) is 7.84. The highest BCUT2D eigenvalue weighted by Gasteiger charge is 2.35. The first-order chi connectivity index (χ1) is 8.48. The highest BCUT2D eigenvalue weighted by atomic mass is 35.5. The zero-order chi connectivity index (χ0) is 13.8. The molecule has 0 amide bonds. The molecule has 1 aromatic rings. The van der Waals surface area contributed by atoms with Crippen molar-refractivity contribution in [3.63, 3.8) is 0 Å². The molecule has 0 radical (unpaired) electrons. The maximum absolute atomic E-state index is 6.28. The van der Waals surface area contributed by atoms with E-state index >= 15 is 0 Å². The molecule has 4 heteroatoms. The summed E-state index contributed by atoms with van der Waals surface area (Å²) in [5.74, 6) is 5.77. The second-order valence-corrected chi connectivity index (χ2v) is 5.35. The molecule has 0 aliphatic rings. The minimum Gasteiger partial charge on any atom is -0.297 e. The summed E-state index contributed by atoms with van der Waals surface area (Å²) in [7, 11) is 0. The molecule has 0 aliphatic carbocycles. The van der Waals surface area contributed by atoms with Gasteiger partial charge in [-0.05, 0) is 38.6 Å². The maximum atomic E-state index is 6.28.